The number of amides is 1. The third kappa shape index (κ3) is 3.76. The first-order valence-corrected chi connectivity index (χ1v) is 7.68. The van der Waals surface area contributed by atoms with E-state index >= 15 is 0 Å². The Hall–Kier alpha value is -2.35. The van der Waals surface area contributed by atoms with E-state index in [4.69, 9.17) is 0 Å². The van der Waals surface area contributed by atoms with Gasteiger partial charge in [-0.1, -0.05) is 0 Å². The molecule has 1 atom stereocenters. The van der Waals surface area contributed by atoms with Gasteiger partial charge in [-0.3, -0.25) is 9.48 Å². The number of carbonyl (C=O) groups is 1. The zero-order valence-corrected chi connectivity index (χ0v) is 12.8. The molecular weight excluding hydrogens is 321 g/mol. The van der Waals surface area contributed by atoms with Gasteiger partial charge in [0.1, 0.15) is 0 Å². The zero-order chi connectivity index (χ0) is 17.2. The van der Waals surface area contributed by atoms with Crippen molar-refractivity contribution in [2.45, 2.75) is 25.1 Å². The van der Waals surface area contributed by atoms with Gasteiger partial charge < -0.3 is 10.6 Å². The lowest BCUT2D eigenvalue weighted by atomic mass is 10.1. The summed E-state index contributed by atoms with van der Waals surface area (Å²) in [5.74, 6) is -0.447. The lowest BCUT2D eigenvalue weighted by molar-refractivity contribution is -0.137. The van der Waals surface area contributed by atoms with Crippen LogP contribution in [0.3, 0.4) is 0 Å². The average molecular weight is 338 g/mol. The van der Waals surface area contributed by atoms with E-state index < -0.39 is 17.6 Å². The van der Waals surface area contributed by atoms with Crippen LogP contribution in [0.2, 0.25) is 0 Å². The number of anilines is 1. The van der Waals surface area contributed by atoms with Crippen molar-refractivity contribution in [1.82, 2.24) is 15.1 Å². The Morgan fingerprint density at radius 1 is 1.25 bits per heavy atom. The molecule has 0 bridgehead atoms. The van der Waals surface area contributed by atoms with Crippen molar-refractivity contribution in [2.24, 2.45) is 0 Å². The second-order valence-corrected chi connectivity index (χ2v) is 5.71. The van der Waals surface area contributed by atoms with Crippen LogP contribution in [-0.2, 0) is 6.18 Å². The molecule has 1 aliphatic heterocycles. The van der Waals surface area contributed by atoms with Crippen LogP contribution < -0.4 is 10.6 Å². The van der Waals surface area contributed by atoms with E-state index in [1.807, 2.05) is 0 Å². The van der Waals surface area contributed by atoms with Gasteiger partial charge in [-0.05, 0) is 49.7 Å². The predicted octanol–water partition coefficient (Wildman–Crippen LogP) is 3.08. The standard InChI is InChI=1S/C16H17F3N4O/c17-16(18,19)11-3-5-12(6-4-11)21-15(24)14-7-9-23(22-14)13-2-1-8-20-10-13/h3-7,9,13,20H,1-2,8,10H2,(H,21,24). The molecule has 1 aliphatic rings. The first-order chi connectivity index (χ1) is 11.4. The van der Waals surface area contributed by atoms with E-state index in [0.717, 1.165) is 38.1 Å². The molecule has 0 aliphatic carbocycles. The largest absolute Gasteiger partial charge is 0.416 e. The van der Waals surface area contributed by atoms with Crippen molar-refractivity contribution >= 4 is 11.6 Å². The molecule has 128 valence electrons. The van der Waals surface area contributed by atoms with Crippen molar-refractivity contribution in [1.29, 1.82) is 0 Å². The number of carbonyl (C=O) groups excluding carboxylic acids is 1. The summed E-state index contributed by atoms with van der Waals surface area (Å²) >= 11 is 0. The number of benzene rings is 1. The van der Waals surface area contributed by atoms with E-state index in [0.29, 0.717) is 5.69 Å². The highest BCUT2D eigenvalue weighted by Gasteiger charge is 2.30. The minimum Gasteiger partial charge on any atom is -0.321 e. The Balaban J connectivity index is 1.65. The summed E-state index contributed by atoms with van der Waals surface area (Å²) in [5, 5.41) is 10.1. The summed E-state index contributed by atoms with van der Waals surface area (Å²) in [6.07, 6.45) is -0.596. The van der Waals surface area contributed by atoms with Crippen LogP contribution in [-0.4, -0.2) is 28.8 Å². The number of piperidine rings is 1. The summed E-state index contributed by atoms with van der Waals surface area (Å²) in [7, 11) is 0. The highest BCUT2D eigenvalue weighted by molar-refractivity contribution is 6.02. The van der Waals surface area contributed by atoms with Crippen LogP contribution in [0, 0.1) is 0 Å². The SMILES string of the molecule is O=C(Nc1ccc(C(F)(F)F)cc1)c1ccn(C2CCCNC2)n1. The number of nitrogens with one attached hydrogen (secondary N) is 2. The quantitative estimate of drug-likeness (QED) is 0.904. The van der Waals surface area contributed by atoms with Crippen LogP contribution >= 0.6 is 0 Å². The minimum absolute atomic E-state index is 0.214. The number of alkyl halides is 3. The van der Waals surface area contributed by atoms with Crippen LogP contribution in [0.1, 0.15) is 34.9 Å². The van der Waals surface area contributed by atoms with Gasteiger partial charge in [0, 0.05) is 18.4 Å². The molecule has 1 saturated heterocycles. The monoisotopic (exact) mass is 338 g/mol. The highest BCUT2D eigenvalue weighted by Crippen LogP contribution is 2.29. The van der Waals surface area contributed by atoms with Crippen molar-refractivity contribution in [3.63, 3.8) is 0 Å². The van der Waals surface area contributed by atoms with Gasteiger partial charge in [0.2, 0.25) is 0 Å². The average Bonchev–Trinajstić information content (AvgIpc) is 3.05. The number of nitrogens with zero attached hydrogens (tertiary/aromatic N) is 2. The normalized spacial score (nSPS) is 18.4. The molecule has 2 N–H and O–H groups in total. The molecule has 5 nitrogen and oxygen atoms in total. The first-order valence-electron chi connectivity index (χ1n) is 7.68. The lowest BCUT2D eigenvalue weighted by Gasteiger charge is -2.22. The molecule has 2 heterocycles. The van der Waals surface area contributed by atoms with E-state index in [9.17, 15) is 18.0 Å². The molecule has 8 heteroatoms. The van der Waals surface area contributed by atoms with Crippen molar-refractivity contribution in [3.8, 4) is 0 Å². The van der Waals surface area contributed by atoms with Gasteiger partial charge in [0.25, 0.3) is 5.91 Å². The fourth-order valence-corrected chi connectivity index (χ4v) is 2.66. The summed E-state index contributed by atoms with van der Waals surface area (Å²) in [6.45, 7) is 1.79. The Labute approximate surface area is 136 Å². The smallest absolute Gasteiger partial charge is 0.321 e. The van der Waals surface area contributed by atoms with Gasteiger partial charge in [-0.15, -0.1) is 0 Å². The third-order valence-corrected chi connectivity index (χ3v) is 3.96. The molecule has 2 aromatic rings. The lowest BCUT2D eigenvalue weighted by Crippen LogP contribution is -2.32. The van der Waals surface area contributed by atoms with Gasteiger partial charge in [-0.25, -0.2) is 0 Å². The van der Waals surface area contributed by atoms with E-state index in [1.165, 1.54) is 12.1 Å². The fourth-order valence-electron chi connectivity index (χ4n) is 2.66. The predicted molar refractivity (Wildman–Crippen MR) is 82.8 cm³/mol. The Bertz CT molecular complexity index is 703. The molecule has 1 unspecified atom stereocenters. The van der Waals surface area contributed by atoms with Crippen LogP contribution in [0.4, 0.5) is 18.9 Å². The van der Waals surface area contributed by atoms with Crippen LogP contribution in [0.25, 0.3) is 0 Å². The third-order valence-electron chi connectivity index (χ3n) is 3.96. The summed E-state index contributed by atoms with van der Waals surface area (Å²) in [5.41, 5.74) is -0.225. The van der Waals surface area contributed by atoms with Gasteiger partial charge >= 0.3 is 6.18 Å². The van der Waals surface area contributed by atoms with Crippen LogP contribution in [0.15, 0.2) is 36.5 Å². The molecule has 0 radical (unpaired) electrons. The van der Waals surface area contributed by atoms with Gasteiger partial charge in [-0.2, -0.15) is 18.3 Å². The number of halogens is 3. The molecule has 3 rings (SSSR count). The second kappa shape index (κ2) is 6.64. The molecule has 1 fully saturated rings. The van der Waals surface area contributed by atoms with Crippen molar-refractivity contribution in [3.05, 3.63) is 47.8 Å². The molecule has 1 amide bonds. The van der Waals surface area contributed by atoms with Crippen LogP contribution in [0.5, 0.6) is 0 Å². The molecule has 1 aromatic heterocycles. The maximum Gasteiger partial charge on any atom is 0.416 e. The van der Waals surface area contributed by atoms with Gasteiger partial charge in [0.15, 0.2) is 5.69 Å². The van der Waals surface area contributed by atoms with Crippen molar-refractivity contribution in [2.75, 3.05) is 18.4 Å². The zero-order valence-electron chi connectivity index (χ0n) is 12.8. The number of hydrogen-bond acceptors (Lipinski definition) is 3. The number of aromatic nitrogens is 2. The second-order valence-electron chi connectivity index (χ2n) is 5.71. The van der Waals surface area contributed by atoms with E-state index in [-0.39, 0.29) is 11.7 Å². The summed E-state index contributed by atoms with van der Waals surface area (Å²) in [6, 6.07) is 6.13. The van der Waals surface area contributed by atoms with Gasteiger partial charge in [0.05, 0.1) is 11.6 Å². The maximum absolute atomic E-state index is 12.5. The minimum atomic E-state index is -4.39. The first kappa shape index (κ1) is 16.5. The summed E-state index contributed by atoms with van der Waals surface area (Å²) < 4.78 is 39.3. The molecule has 1 aromatic carbocycles. The Morgan fingerprint density at radius 2 is 2.00 bits per heavy atom. The highest BCUT2D eigenvalue weighted by atomic mass is 19.4. The Kier molecular flexibility index (Phi) is 4.57. The topological polar surface area (TPSA) is 59.0 Å². The molecule has 0 spiro atoms. The molecule has 0 saturated carbocycles. The Morgan fingerprint density at radius 3 is 2.62 bits per heavy atom. The molecular formula is C16H17F3N4O. The van der Waals surface area contributed by atoms with E-state index in [1.54, 1.807) is 16.9 Å². The van der Waals surface area contributed by atoms with Crippen molar-refractivity contribution < 1.29 is 18.0 Å². The summed E-state index contributed by atoms with van der Waals surface area (Å²) in [4.78, 5) is 12.2. The number of hydrogen-bond donors (Lipinski definition) is 2. The fraction of sp³-hybridized carbons (Fsp3) is 0.375. The van der Waals surface area contributed by atoms with E-state index in [2.05, 4.69) is 15.7 Å². The maximum atomic E-state index is 12.5. The number of rotatable bonds is 3. The molecule has 24 heavy (non-hydrogen) atoms.